The van der Waals surface area contributed by atoms with Crippen LogP contribution in [0.4, 0.5) is 0 Å². The molecule has 1 N–H and O–H groups in total. The Morgan fingerprint density at radius 2 is 2.03 bits per heavy atom. The summed E-state index contributed by atoms with van der Waals surface area (Å²) < 4.78 is 10.9. The van der Waals surface area contributed by atoms with Crippen LogP contribution in [0.1, 0.15) is 36.4 Å². The van der Waals surface area contributed by atoms with Crippen molar-refractivity contribution in [3.05, 3.63) is 77.9 Å². The molecule has 2 aliphatic heterocycles. The van der Waals surface area contributed by atoms with Gasteiger partial charge in [0, 0.05) is 18.0 Å². The fraction of sp³-hybridized carbons (Fsp3) is 0.292. The van der Waals surface area contributed by atoms with E-state index in [1.54, 1.807) is 11.1 Å². The van der Waals surface area contributed by atoms with Crippen LogP contribution < -0.4 is 10.2 Å². The standard InChI is InChI=1S/C24H25N5O3/c1-3-31-19-9-7-17(8-10-19)20-14-21-24(30)28(11-12-29(21)26-20)15-22-25-23(27-32-22)18-6-4-5-16(2)13-18/h4-13,20-21,26H,3,14-15H2,1-2H3. The molecule has 0 spiro atoms. The van der Waals surface area contributed by atoms with Gasteiger partial charge in [-0.3, -0.25) is 4.79 Å². The Morgan fingerprint density at radius 1 is 1.19 bits per heavy atom. The number of nitrogens with one attached hydrogen (secondary N) is 1. The Balaban J connectivity index is 1.25. The monoisotopic (exact) mass is 431 g/mol. The third-order valence-electron chi connectivity index (χ3n) is 5.72. The summed E-state index contributed by atoms with van der Waals surface area (Å²) in [7, 11) is 0. The SMILES string of the molecule is CCOc1ccc(C2CC3C(=O)N(Cc4nc(-c5cccc(C)c5)no4)C=CN3N2)cc1. The summed E-state index contributed by atoms with van der Waals surface area (Å²) in [6, 6.07) is 15.7. The lowest BCUT2D eigenvalue weighted by molar-refractivity contribution is -0.135. The zero-order chi connectivity index (χ0) is 22.1. The fourth-order valence-electron chi connectivity index (χ4n) is 4.11. The lowest BCUT2D eigenvalue weighted by Crippen LogP contribution is -2.47. The van der Waals surface area contributed by atoms with Gasteiger partial charge >= 0.3 is 0 Å². The Hall–Kier alpha value is -3.65. The Labute approximate surface area is 186 Å². The number of hydrogen-bond acceptors (Lipinski definition) is 7. The Morgan fingerprint density at radius 3 is 2.81 bits per heavy atom. The largest absolute Gasteiger partial charge is 0.494 e. The summed E-state index contributed by atoms with van der Waals surface area (Å²) in [6.07, 6.45) is 4.31. The maximum Gasteiger partial charge on any atom is 0.251 e. The molecule has 2 unspecified atom stereocenters. The van der Waals surface area contributed by atoms with Gasteiger partial charge in [0.2, 0.25) is 11.7 Å². The van der Waals surface area contributed by atoms with Gasteiger partial charge in [-0.1, -0.05) is 41.1 Å². The predicted octanol–water partition coefficient (Wildman–Crippen LogP) is 3.58. The van der Waals surface area contributed by atoms with E-state index < -0.39 is 0 Å². The van der Waals surface area contributed by atoms with E-state index in [0.29, 0.717) is 24.7 Å². The van der Waals surface area contributed by atoms with Crippen LogP contribution in [-0.2, 0) is 11.3 Å². The molecule has 1 aromatic heterocycles. The molecule has 2 atom stereocenters. The zero-order valence-corrected chi connectivity index (χ0v) is 18.1. The second-order valence-corrected chi connectivity index (χ2v) is 7.99. The van der Waals surface area contributed by atoms with Crippen molar-refractivity contribution in [1.82, 2.24) is 25.5 Å². The zero-order valence-electron chi connectivity index (χ0n) is 18.1. The van der Waals surface area contributed by atoms with E-state index in [2.05, 4.69) is 15.6 Å². The summed E-state index contributed by atoms with van der Waals surface area (Å²) in [6.45, 7) is 4.86. The van der Waals surface area contributed by atoms with E-state index >= 15 is 0 Å². The molecule has 1 saturated heterocycles. The number of carbonyl (C=O) groups is 1. The molecular formula is C24H25N5O3. The molecule has 0 radical (unpaired) electrons. The highest BCUT2D eigenvalue weighted by Gasteiger charge is 2.40. The first-order valence-electron chi connectivity index (χ1n) is 10.8. The van der Waals surface area contributed by atoms with Crippen molar-refractivity contribution < 1.29 is 14.1 Å². The molecule has 5 rings (SSSR count). The number of ether oxygens (including phenoxy) is 1. The molecule has 8 heteroatoms. The lowest BCUT2D eigenvalue weighted by Gasteiger charge is -2.30. The molecule has 1 fully saturated rings. The normalized spacial score (nSPS) is 20.0. The number of aromatic nitrogens is 2. The van der Waals surface area contributed by atoms with Gasteiger partial charge < -0.3 is 19.2 Å². The van der Waals surface area contributed by atoms with Crippen LogP contribution >= 0.6 is 0 Å². The number of hydrogen-bond donors (Lipinski definition) is 1. The van der Waals surface area contributed by atoms with Gasteiger partial charge in [-0.05, 0) is 44.0 Å². The minimum absolute atomic E-state index is 0.00346. The quantitative estimate of drug-likeness (QED) is 0.639. The van der Waals surface area contributed by atoms with Crippen LogP contribution in [-0.4, -0.2) is 38.6 Å². The molecule has 0 bridgehead atoms. The van der Waals surface area contributed by atoms with Crippen molar-refractivity contribution >= 4 is 5.91 Å². The van der Waals surface area contributed by atoms with Crippen LogP contribution in [0.5, 0.6) is 5.75 Å². The molecule has 1 amide bonds. The Bertz CT molecular complexity index is 1140. The van der Waals surface area contributed by atoms with Crippen LogP contribution in [0.15, 0.2) is 65.5 Å². The molecule has 32 heavy (non-hydrogen) atoms. The number of rotatable bonds is 6. The highest BCUT2D eigenvalue weighted by atomic mass is 16.5. The van der Waals surface area contributed by atoms with Crippen LogP contribution in [0, 0.1) is 6.92 Å². The number of benzene rings is 2. The van der Waals surface area contributed by atoms with E-state index in [1.807, 2.05) is 73.6 Å². The average molecular weight is 431 g/mol. The molecule has 0 aliphatic carbocycles. The van der Waals surface area contributed by atoms with E-state index in [4.69, 9.17) is 9.26 Å². The second-order valence-electron chi connectivity index (χ2n) is 7.99. The van der Waals surface area contributed by atoms with Gasteiger partial charge in [-0.2, -0.15) is 4.98 Å². The average Bonchev–Trinajstić information content (AvgIpc) is 3.44. The summed E-state index contributed by atoms with van der Waals surface area (Å²) in [5, 5.41) is 5.96. The maximum absolute atomic E-state index is 13.1. The van der Waals surface area contributed by atoms with Gasteiger partial charge in [-0.25, -0.2) is 5.43 Å². The molecule has 3 heterocycles. The molecule has 8 nitrogen and oxygen atoms in total. The number of amides is 1. The minimum atomic E-state index is -0.282. The van der Waals surface area contributed by atoms with Crippen LogP contribution in [0.3, 0.4) is 0 Å². The summed E-state index contributed by atoms with van der Waals surface area (Å²) in [5.74, 6) is 1.78. The molecule has 2 aliphatic rings. The van der Waals surface area contributed by atoms with Gasteiger partial charge in [0.1, 0.15) is 18.3 Å². The molecular weight excluding hydrogens is 406 g/mol. The number of nitrogens with zero attached hydrogens (tertiary/aromatic N) is 4. The van der Waals surface area contributed by atoms with Gasteiger partial charge in [0.25, 0.3) is 5.91 Å². The number of carbonyl (C=O) groups excluding carboxylic acids is 1. The Kier molecular flexibility index (Phi) is 5.36. The van der Waals surface area contributed by atoms with E-state index in [9.17, 15) is 4.79 Å². The van der Waals surface area contributed by atoms with E-state index in [0.717, 1.165) is 22.4 Å². The summed E-state index contributed by atoms with van der Waals surface area (Å²) in [4.78, 5) is 19.2. The first kappa shape index (κ1) is 20.3. The van der Waals surface area contributed by atoms with E-state index in [1.165, 1.54) is 0 Å². The smallest absolute Gasteiger partial charge is 0.251 e. The molecule has 0 saturated carbocycles. The minimum Gasteiger partial charge on any atom is -0.494 e. The number of fused-ring (bicyclic) bond motifs is 1. The van der Waals surface area contributed by atoms with Crippen molar-refractivity contribution in [1.29, 1.82) is 0 Å². The van der Waals surface area contributed by atoms with Crippen molar-refractivity contribution in [2.45, 2.75) is 38.9 Å². The third-order valence-corrected chi connectivity index (χ3v) is 5.72. The highest BCUT2D eigenvalue weighted by Crippen LogP contribution is 2.32. The lowest BCUT2D eigenvalue weighted by atomic mass is 10.0. The summed E-state index contributed by atoms with van der Waals surface area (Å²) in [5.41, 5.74) is 6.55. The van der Waals surface area contributed by atoms with Gasteiger partial charge in [0.15, 0.2) is 0 Å². The fourth-order valence-corrected chi connectivity index (χ4v) is 4.11. The third kappa shape index (κ3) is 3.97. The first-order chi connectivity index (χ1) is 15.6. The van der Waals surface area contributed by atoms with Gasteiger partial charge in [0.05, 0.1) is 12.6 Å². The predicted molar refractivity (Wildman–Crippen MR) is 118 cm³/mol. The van der Waals surface area contributed by atoms with Crippen LogP contribution in [0.2, 0.25) is 0 Å². The van der Waals surface area contributed by atoms with Crippen LogP contribution in [0.25, 0.3) is 11.4 Å². The topological polar surface area (TPSA) is 83.7 Å². The molecule has 2 aromatic carbocycles. The van der Waals surface area contributed by atoms with E-state index in [-0.39, 0.29) is 24.5 Å². The maximum atomic E-state index is 13.1. The van der Waals surface area contributed by atoms with Crippen molar-refractivity contribution in [3.8, 4) is 17.1 Å². The molecule has 3 aromatic rings. The van der Waals surface area contributed by atoms with Crippen molar-refractivity contribution in [2.24, 2.45) is 0 Å². The van der Waals surface area contributed by atoms with Crippen molar-refractivity contribution in [3.63, 3.8) is 0 Å². The first-order valence-corrected chi connectivity index (χ1v) is 10.8. The number of aryl methyl sites for hydroxylation is 1. The van der Waals surface area contributed by atoms with Gasteiger partial charge in [-0.15, -0.1) is 0 Å². The van der Waals surface area contributed by atoms with Crippen molar-refractivity contribution in [2.75, 3.05) is 6.61 Å². The number of hydrazine groups is 1. The second kappa shape index (κ2) is 8.47. The molecule has 164 valence electrons. The highest BCUT2D eigenvalue weighted by molar-refractivity contribution is 5.84. The summed E-state index contributed by atoms with van der Waals surface area (Å²) >= 11 is 0.